The van der Waals surface area contributed by atoms with Crippen LogP contribution in [0.3, 0.4) is 0 Å². The number of benzene rings is 2. The third-order valence-corrected chi connectivity index (χ3v) is 8.30. The average Bonchev–Trinajstić information content (AvgIpc) is 3.11. The molecule has 9 heteroatoms. The van der Waals surface area contributed by atoms with Crippen LogP contribution in [-0.2, 0) is 10.0 Å². The fraction of sp³-hybridized carbons (Fsp3) is 0.333. The van der Waals surface area contributed by atoms with Crippen molar-refractivity contribution in [1.82, 2.24) is 9.29 Å². The maximum atomic E-state index is 13.0. The molecule has 0 aliphatic carbocycles. The predicted molar refractivity (Wildman–Crippen MR) is 137 cm³/mol. The number of rotatable bonds is 7. The summed E-state index contributed by atoms with van der Waals surface area (Å²) >= 11 is 1.45. The van der Waals surface area contributed by atoms with Crippen molar-refractivity contribution >= 4 is 38.4 Å². The van der Waals surface area contributed by atoms with E-state index in [0.717, 1.165) is 48.2 Å². The van der Waals surface area contributed by atoms with Crippen LogP contribution in [-0.4, -0.2) is 51.1 Å². The van der Waals surface area contributed by atoms with Gasteiger partial charge in [0.2, 0.25) is 15.2 Å². The highest BCUT2D eigenvalue weighted by Crippen LogP contribution is 2.27. The fourth-order valence-corrected chi connectivity index (χ4v) is 5.89. The number of hydrogen-bond donors (Lipinski definition) is 1. The maximum Gasteiger partial charge on any atom is 0.243 e. The van der Waals surface area contributed by atoms with Crippen molar-refractivity contribution in [2.24, 2.45) is 5.10 Å². The van der Waals surface area contributed by atoms with E-state index < -0.39 is 10.0 Å². The maximum absolute atomic E-state index is 13.0. The zero-order valence-corrected chi connectivity index (χ0v) is 20.6. The number of aromatic nitrogens is 1. The van der Waals surface area contributed by atoms with Crippen LogP contribution < -0.4 is 10.3 Å². The number of nitrogens with zero attached hydrogens (tertiary/aromatic N) is 4. The van der Waals surface area contributed by atoms with Crippen LogP contribution in [0.1, 0.15) is 31.2 Å². The van der Waals surface area contributed by atoms with Gasteiger partial charge < -0.3 is 4.90 Å². The molecule has 0 atom stereocenters. The summed E-state index contributed by atoms with van der Waals surface area (Å²) in [5.74, 6) is 0. The molecule has 1 fully saturated rings. The van der Waals surface area contributed by atoms with E-state index in [4.69, 9.17) is 0 Å². The average molecular weight is 484 g/mol. The van der Waals surface area contributed by atoms with Crippen molar-refractivity contribution in [2.75, 3.05) is 37.5 Å². The van der Waals surface area contributed by atoms with Crippen molar-refractivity contribution in [1.29, 1.82) is 0 Å². The molecule has 174 valence electrons. The lowest BCUT2D eigenvalue weighted by molar-refractivity contribution is 0.424. The van der Waals surface area contributed by atoms with Crippen LogP contribution >= 0.6 is 11.3 Å². The molecule has 3 aromatic rings. The summed E-state index contributed by atoms with van der Waals surface area (Å²) in [6.45, 7) is 1.21. The minimum absolute atomic E-state index is 0.339. The summed E-state index contributed by atoms with van der Waals surface area (Å²) in [4.78, 5) is 6.96. The van der Waals surface area contributed by atoms with Crippen LogP contribution in [0.25, 0.3) is 11.3 Å². The van der Waals surface area contributed by atoms with Crippen LogP contribution in [0, 0.1) is 0 Å². The second-order valence-corrected chi connectivity index (χ2v) is 11.0. The van der Waals surface area contributed by atoms with Gasteiger partial charge in [-0.3, -0.25) is 5.43 Å². The van der Waals surface area contributed by atoms with Gasteiger partial charge >= 0.3 is 0 Å². The molecule has 4 rings (SSSR count). The van der Waals surface area contributed by atoms with E-state index in [2.05, 4.69) is 15.5 Å². The highest BCUT2D eigenvalue weighted by Gasteiger charge is 2.25. The molecule has 2 heterocycles. The molecule has 1 aliphatic heterocycles. The summed E-state index contributed by atoms with van der Waals surface area (Å²) in [5, 5.41) is 6.88. The predicted octanol–water partition coefficient (Wildman–Crippen LogP) is 4.89. The van der Waals surface area contributed by atoms with E-state index in [9.17, 15) is 8.42 Å². The Labute approximate surface area is 199 Å². The molecule has 33 heavy (non-hydrogen) atoms. The number of hydrazone groups is 1. The molecule has 1 saturated heterocycles. The summed E-state index contributed by atoms with van der Waals surface area (Å²) in [6, 6.07) is 15.1. The Morgan fingerprint density at radius 2 is 1.67 bits per heavy atom. The zero-order valence-electron chi connectivity index (χ0n) is 18.9. The fourth-order valence-electron chi connectivity index (χ4n) is 3.71. The van der Waals surface area contributed by atoms with Crippen LogP contribution in [0.4, 0.5) is 10.8 Å². The highest BCUT2D eigenvalue weighted by atomic mass is 32.2. The van der Waals surface area contributed by atoms with Gasteiger partial charge in [0.1, 0.15) is 0 Å². The first-order valence-corrected chi connectivity index (χ1v) is 13.4. The number of nitrogens with one attached hydrogen (secondary N) is 1. The Morgan fingerprint density at radius 1 is 1.00 bits per heavy atom. The topological polar surface area (TPSA) is 77.9 Å². The minimum Gasteiger partial charge on any atom is -0.378 e. The van der Waals surface area contributed by atoms with Gasteiger partial charge in [-0.1, -0.05) is 37.1 Å². The van der Waals surface area contributed by atoms with E-state index in [-0.39, 0.29) is 0 Å². The molecule has 7 nitrogen and oxygen atoms in total. The van der Waals surface area contributed by atoms with E-state index >= 15 is 0 Å². The third-order valence-electron chi connectivity index (χ3n) is 5.64. The zero-order chi connectivity index (χ0) is 23.3. The monoisotopic (exact) mass is 483 g/mol. The van der Waals surface area contributed by atoms with Gasteiger partial charge in [0, 0.05) is 43.8 Å². The van der Waals surface area contributed by atoms with Crippen LogP contribution in [0.2, 0.25) is 0 Å². The first-order chi connectivity index (χ1) is 15.9. The molecule has 1 aromatic heterocycles. The van der Waals surface area contributed by atoms with Gasteiger partial charge in [0.25, 0.3) is 0 Å². The SMILES string of the molecule is CN(C)c1ccc(/C=N/Nc2nc(-c3ccc(S(=O)(=O)N4CCCCCC4)cc3)cs2)cc1. The molecule has 0 saturated carbocycles. The lowest BCUT2D eigenvalue weighted by Gasteiger charge is -2.19. The van der Waals surface area contributed by atoms with Crippen molar-refractivity contribution < 1.29 is 8.42 Å². The lowest BCUT2D eigenvalue weighted by Crippen LogP contribution is -2.31. The molecule has 0 spiro atoms. The molecule has 0 bridgehead atoms. The molecular formula is C24H29N5O2S2. The Kier molecular flexibility index (Phi) is 7.42. The van der Waals surface area contributed by atoms with Gasteiger partial charge in [-0.05, 0) is 42.7 Å². The Hall–Kier alpha value is -2.75. The van der Waals surface area contributed by atoms with Crippen LogP contribution in [0.15, 0.2) is 63.9 Å². The van der Waals surface area contributed by atoms with Crippen LogP contribution in [0.5, 0.6) is 0 Å². The van der Waals surface area contributed by atoms with Gasteiger partial charge in [0.15, 0.2) is 0 Å². The summed E-state index contributed by atoms with van der Waals surface area (Å²) in [5.41, 5.74) is 6.75. The van der Waals surface area contributed by atoms with Crippen molar-refractivity contribution in [3.63, 3.8) is 0 Å². The third kappa shape index (κ3) is 5.79. The molecule has 1 aliphatic rings. The lowest BCUT2D eigenvalue weighted by atomic mass is 10.2. The Bertz CT molecular complexity index is 1180. The second-order valence-electron chi connectivity index (χ2n) is 8.24. The summed E-state index contributed by atoms with van der Waals surface area (Å²) < 4.78 is 27.5. The minimum atomic E-state index is -3.44. The quantitative estimate of drug-likeness (QED) is 0.383. The van der Waals surface area contributed by atoms with Crippen molar-refractivity contribution in [3.8, 4) is 11.3 Å². The smallest absolute Gasteiger partial charge is 0.243 e. The molecule has 0 amide bonds. The van der Waals surface area contributed by atoms with E-state index in [1.807, 2.05) is 60.8 Å². The first kappa shape index (κ1) is 23.4. The Balaban J connectivity index is 1.40. The number of anilines is 2. The molecule has 0 unspecified atom stereocenters. The summed E-state index contributed by atoms with van der Waals surface area (Å²) in [6.07, 6.45) is 5.80. The molecule has 2 aromatic carbocycles. The number of sulfonamides is 1. The Morgan fingerprint density at radius 3 is 2.30 bits per heavy atom. The van der Waals surface area contributed by atoms with E-state index in [1.54, 1.807) is 22.7 Å². The number of thiazole rings is 1. The molecular weight excluding hydrogens is 454 g/mol. The normalized spacial score (nSPS) is 15.5. The second kappa shape index (κ2) is 10.5. The van der Waals surface area contributed by atoms with Crippen molar-refractivity contribution in [3.05, 3.63) is 59.5 Å². The molecule has 0 radical (unpaired) electrons. The van der Waals surface area contributed by atoms with E-state index in [1.165, 1.54) is 11.3 Å². The van der Waals surface area contributed by atoms with Gasteiger partial charge in [-0.15, -0.1) is 11.3 Å². The van der Waals surface area contributed by atoms with Gasteiger partial charge in [-0.25, -0.2) is 13.4 Å². The van der Waals surface area contributed by atoms with Gasteiger partial charge in [-0.2, -0.15) is 9.41 Å². The van der Waals surface area contributed by atoms with Gasteiger partial charge in [0.05, 0.1) is 16.8 Å². The first-order valence-electron chi connectivity index (χ1n) is 11.1. The van der Waals surface area contributed by atoms with E-state index in [0.29, 0.717) is 23.1 Å². The standard InChI is InChI=1S/C24H29N5O2S2/c1-28(2)21-11-7-19(8-12-21)17-25-27-24-26-23(18-32-24)20-9-13-22(14-10-20)33(30,31)29-15-5-3-4-6-16-29/h7-14,17-18H,3-6,15-16H2,1-2H3,(H,26,27)/b25-17+. The number of hydrogen-bond acceptors (Lipinski definition) is 7. The highest BCUT2D eigenvalue weighted by molar-refractivity contribution is 7.89. The summed E-state index contributed by atoms with van der Waals surface area (Å²) in [7, 11) is 0.570. The molecule has 1 N–H and O–H groups in total. The largest absolute Gasteiger partial charge is 0.378 e. The van der Waals surface area contributed by atoms with Crippen molar-refractivity contribution in [2.45, 2.75) is 30.6 Å².